The second kappa shape index (κ2) is 6.73. The summed E-state index contributed by atoms with van der Waals surface area (Å²) in [5.41, 5.74) is 8.40. The lowest BCUT2D eigenvalue weighted by molar-refractivity contribution is 0.0967. The van der Waals surface area contributed by atoms with Crippen molar-refractivity contribution in [2.24, 2.45) is 5.73 Å². The van der Waals surface area contributed by atoms with Crippen LogP contribution in [0.1, 0.15) is 17.9 Å². The Morgan fingerprint density at radius 3 is 2.94 bits per heavy atom. The van der Waals surface area contributed by atoms with Gasteiger partial charge in [-0.2, -0.15) is 0 Å². The van der Waals surface area contributed by atoms with E-state index in [1.165, 1.54) is 11.3 Å². The first-order valence-electron chi connectivity index (χ1n) is 6.59. The highest BCUT2D eigenvalue weighted by atomic mass is 16.5. The van der Waals surface area contributed by atoms with Gasteiger partial charge in [0, 0.05) is 24.7 Å². The highest BCUT2D eigenvalue weighted by Crippen LogP contribution is 2.37. The first-order valence-corrected chi connectivity index (χ1v) is 6.59. The zero-order chi connectivity index (χ0) is 12.8. The van der Waals surface area contributed by atoms with Gasteiger partial charge in [-0.15, -0.1) is 0 Å². The van der Waals surface area contributed by atoms with Gasteiger partial charge in [0.2, 0.25) is 0 Å². The van der Waals surface area contributed by atoms with Crippen LogP contribution in [0.2, 0.25) is 0 Å². The van der Waals surface area contributed by atoms with Crippen molar-refractivity contribution >= 4 is 5.69 Å². The van der Waals surface area contributed by atoms with E-state index in [2.05, 4.69) is 29.2 Å². The van der Waals surface area contributed by atoms with Crippen molar-refractivity contribution < 1.29 is 9.84 Å². The molecule has 0 bridgehead atoms. The van der Waals surface area contributed by atoms with Gasteiger partial charge in [0.15, 0.2) is 0 Å². The fraction of sp³-hybridized carbons (Fsp3) is 0.571. The minimum absolute atomic E-state index is 0.0897. The Morgan fingerprint density at radius 1 is 1.33 bits per heavy atom. The Bertz CT molecular complexity index is 371. The van der Waals surface area contributed by atoms with Gasteiger partial charge in [0.25, 0.3) is 0 Å². The molecule has 18 heavy (non-hydrogen) atoms. The number of hydrogen-bond donors (Lipinski definition) is 2. The molecule has 1 heterocycles. The molecule has 0 saturated carbocycles. The van der Waals surface area contributed by atoms with Crippen LogP contribution in [0.3, 0.4) is 0 Å². The standard InChI is InChI=1S/C14H22N2O2/c15-6-5-12-11-16(7-9-18-10-8-17)14-4-2-1-3-13(12)14/h1-4,12,17H,5-11,15H2. The molecule has 0 radical (unpaired) electrons. The Morgan fingerprint density at radius 2 is 2.17 bits per heavy atom. The average Bonchev–Trinajstić information content (AvgIpc) is 2.74. The van der Waals surface area contributed by atoms with Gasteiger partial charge in [-0.1, -0.05) is 18.2 Å². The third-order valence-electron chi connectivity index (χ3n) is 3.41. The zero-order valence-electron chi connectivity index (χ0n) is 10.7. The summed E-state index contributed by atoms with van der Waals surface area (Å²) in [7, 11) is 0. The molecular weight excluding hydrogens is 228 g/mol. The molecule has 4 nitrogen and oxygen atoms in total. The number of anilines is 1. The first kappa shape index (κ1) is 13.3. The van der Waals surface area contributed by atoms with Crippen molar-refractivity contribution in [3.63, 3.8) is 0 Å². The molecule has 0 saturated heterocycles. The van der Waals surface area contributed by atoms with Crippen LogP contribution in [-0.2, 0) is 4.74 Å². The molecule has 1 atom stereocenters. The number of hydrogen-bond acceptors (Lipinski definition) is 4. The fourth-order valence-corrected chi connectivity index (χ4v) is 2.58. The molecule has 100 valence electrons. The predicted octanol–water partition coefficient (Wildman–Crippen LogP) is 0.948. The highest BCUT2D eigenvalue weighted by Gasteiger charge is 2.26. The Labute approximate surface area is 108 Å². The van der Waals surface area contributed by atoms with Gasteiger partial charge in [-0.3, -0.25) is 0 Å². The molecule has 0 aromatic heterocycles. The lowest BCUT2D eigenvalue weighted by Crippen LogP contribution is -2.27. The molecule has 3 N–H and O–H groups in total. The van der Waals surface area contributed by atoms with Gasteiger partial charge in [0.05, 0.1) is 19.8 Å². The van der Waals surface area contributed by atoms with E-state index >= 15 is 0 Å². The third kappa shape index (κ3) is 3.02. The molecule has 1 aliphatic rings. The largest absolute Gasteiger partial charge is 0.394 e. The number of aliphatic hydroxyl groups is 1. The fourth-order valence-electron chi connectivity index (χ4n) is 2.58. The number of nitrogens with two attached hydrogens (primary N) is 1. The summed E-state index contributed by atoms with van der Waals surface area (Å²) in [6.07, 6.45) is 1.03. The van der Waals surface area contributed by atoms with Crippen LogP contribution >= 0.6 is 0 Å². The number of rotatable bonds is 7. The number of aliphatic hydroxyl groups excluding tert-OH is 1. The molecule has 1 aromatic carbocycles. The summed E-state index contributed by atoms with van der Waals surface area (Å²) in [6.45, 7) is 3.79. The maximum atomic E-state index is 8.68. The van der Waals surface area contributed by atoms with Gasteiger partial charge in [0.1, 0.15) is 0 Å². The lowest BCUT2D eigenvalue weighted by atomic mass is 9.98. The maximum absolute atomic E-state index is 8.68. The average molecular weight is 250 g/mol. The number of para-hydroxylation sites is 1. The third-order valence-corrected chi connectivity index (χ3v) is 3.41. The first-order chi connectivity index (χ1) is 8.86. The molecule has 1 aromatic rings. The molecule has 2 rings (SSSR count). The van der Waals surface area contributed by atoms with E-state index in [1.54, 1.807) is 0 Å². The van der Waals surface area contributed by atoms with E-state index < -0.39 is 0 Å². The highest BCUT2D eigenvalue weighted by molar-refractivity contribution is 5.60. The molecule has 1 aliphatic heterocycles. The summed E-state index contributed by atoms with van der Waals surface area (Å²) < 4.78 is 5.34. The lowest BCUT2D eigenvalue weighted by Gasteiger charge is -2.19. The van der Waals surface area contributed by atoms with Gasteiger partial charge in [-0.25, -0.2) is 0 Å². The van der Waals surface area contributed by atoms with Crippen LogP contribution in [0.5, 0.6) is 0 Å². The predicted molar refractivity (Wildman–Crippen MR) is 73.0 cm³/mol. The summed E-state index contributed by atoms with van der Waals surface area (Å²) in [5, 5.41) is 8.68. The van der Waals surface area contributed by atoms with E-state index in [-0.39, 0.29) is 6.61 Å². The van der Waals surface area contributed by atoms with Crippen molar-refractivity contribution in [1.29, 1.82) is 0 Å². The summed E-state index contributed by atoms with van der Waals surface area (Å²) in [6, 6.07) is 8.53. The molecule has 4 heteroatoms. The number of fused-ring (bicyclic) bond motifs is 1. The molecule has 0 amide bonds. The van der Waals surface area contributed by atoms with E-state index in [9.17, 15) is 0 Å². The van der Waals surface area contributed by atoms with Crippen LogP contribution < -0.4 is 10.6 Å². The van der Waals surface area contributed by atoms with Crippen molar-refractivity contribution in [3.8, 4) is 0 Å². The Kier molecular flexibility index (Phi) is 4.99. The van der Waals surface area contributed by atoms with Crippen LogP contribution in [0.25, 0.3) is 0 Å². The van der Waals surface area contributed by atoms with Gasteiger partial charge in [-0.05, 0) is 24.6 Å². The van der Waals surface area contributed by atoms with Gasteiger partial charge < -0.3 is 20.5 Å². The van der Waals surface area contributed by atoms with E-state index in [0.29, 0.717) is 19.1 Å². The second-order valence-electron chi connectivity index (χ2n) is 4.62. The number of ether oxygens (including phenoxy) is 1. The maximum Gasteiger partial charge on any atom is 0.0698 e. The minimum atomic E-state index is 0.0897. The van der Waals surface area contributed by atoms with Crippen LogP contribution in [0, 0.1) is 0 Å². The Hall–Kier alpha value is -1.10. The van der Waals surface area contributed by atoms with Gasteiger partial charge >= 0.3 is 0 Å². The minimum Gasteiger partial charge on any atom is -0.394 e. The Balaban J connectivity index is 1.97. The van der Waals surface area contributed by atoms with E-state index in [4.69, 9.17) is 15.6 Å². The van der Waals surface area contributed by atoms with Crippen molar-refractivity contribution in [1.82, 2.24) is 0 Å². The van der Waals surface area contributed by atoms with E-state index in [1.807, 2.05) is 0 Å². The molecule has 0 spiro atoms. The SMILES string of the molecule is NCCC1CN(CCOCCO)c2ccccc21. The number of benzene rings is 1. The normalized spacial score (nSPS) is 18.1. The second-order valence-corrected chi connectivity index (χ2v) is 4.62. The smallest absolute Gasteiger partial charge is 0.0698 e. The van der Waals surface area contributed by atoms with Crippen LogP contribution in [0.4, 0.5) is 5.69 Å². The molecular formula is C14H22N2O2. The quantitative estimate of drug-likeness (QED) is 0.707. The van der Waals surface area contributed by atoms with E-state index in [0.717, 1.165) is 26.1 Å². The van der Waals surface area contributed by atoms with Crippen molar-refractivity contribution in [3.05, 3.63) is 29.8 Å². The monoisotopic (exact) mass is 250 g/mol. The van der Waals surface area contributed by atoms with Crippen molar-refractivity contribution in [2.75, 3.05) is 44.4 Å². The van der Waals surface area contributed by atoms with Crippen molar-refractivity contribution in [2.45, 2.75) is 12.3 Å². The van der Waals surface area contributed by atoms with Crippen LogP contribution in [0.15, 0.2) is 24.3 Å². The summed E-state index contributed by atoms with van der Waals surface area (Å²) in [4.78, 5) is 2.35. The molecule has 0 aliphatic carbocycles. The summed E-state index contributed by atoms with van der Waals surface area (Å²) in [5.74, 6) is 0.545. The zero-order valence-corrected chi connectivity index (χ0v) is 10.7. The molecule has 1 unspecified atom stereocenters. The molecule has 0 fully saturated rings. The summed E-state index contributed by atoms with van der Waals surface area (Å²) >= 11 is 0. The topological polar surface area (TPSA) is 58.7 Å². The van der Waals surface area contributed by atoms with Crippen LogP contribution in [-0.4, -0.2) is 44.6 Å². The number of nitrogens with zero attached hydrogens (tertiary/aromatic N) is 1.